The van der Waals surface area contributed by atoms with Crippen molar-refractivity contribution >= 4 is 35.1 Å². The highest BCUT2D eigenvalue weighted by Gasteiger charge is 2.49. The molecule has 2 aliphatic rings. The highest BCUT2D eigenvalue weighted by molar-refractivity contribution is 6.31. The second-order valence-corrected chi connectivity index (χ2v) is 6.91. The number of anilines is 1. The molecule has 2 aliphatic heterocycles. The first-order valence-corrected chi connectivity index (χ1v) is 8.67. The molecule has 2 aromatic rings. The molecular weight excluding hydrogens is 370 g/mol. The van der Waals surface area contributed by atoms with Crippen LogP contribution in [-0.2, 0) is 15.2 Å². The highest BCUT2D eigenvalue weighted by Crippen LogP contribution is 2.43. The molecule has 7 heteroatoms. The third-order valence-electron chi connectivity index (χ3n) is 4.71. The Bertz CT molecular complexity index is 986. The summed E-state index contributed by atoms with van der Waals surface area (Å²) in [6, 6.07) is 10.1. The molecular formula is C20H16ClNO5. The van der Waals surface area contributed by atoms with E-state index in [1.54, 1.807) is 43.5 Å². The number of hydrogen-bond acceptors (Lipinski definition) is 5. The van der Waals surface area contributed by atoms with Gasteiger partial charge in [-0.25, -0.2) is 0 Å². The van der Waals surface area contributed by atoms with Gasteiger partial charge in [0.15, 0.2) is 22.9 Å². The Morgan fingerprint density at radius 2 is 2.04 bits per heavy atom. The summed E-state index contributed by atoms with van der Waals surface area (Å²) < 4.78 is 10.5. The monoisotopic (exact) mass is 385 g/mol. The summed E-state index contributed by atoms with van der Waals surface area (Å²) in [4.78, 5) is 26.3. The maximum absolute atomic E-state index is 12.6. The number of aliphatic hydroxyl groups is 1. The number of carbonyl (C=O) groups excluding carboxylic acids is 2. The molecule has 1 N–H and O–H groups in total. The van der Waals surface area contributed by atoms with Gasteiger partial charge < -0.3 is 19.5 Å². The average molecular weight is 386 g/mol. The fourth-order valence-electron chi connectivity index (χ4n) is 3.32. The zero-order valence-corrected chi connectivity index (χ0v) is 15.2. The van der Waals surface area contributed by atoms with Crippen LogP contribution in [0.4, 0.5) is 5.69 Å². The normalized spacial score (nSPS) is 20.4. The second-order valence-electron chi connectivity index (χ2n) is 6.48. The summed E-state index contributed by atoms with van der Waals surface area (Å²) in [6.07, 6.45) is 2.57. The first kappa shape index (κ1) is 17.6. The summed E-state index contributed by atoms with van der Waals surface area (Å²) in [7, 11) is 1.56. The van der Waals surface area contributed by atoms with Gasteiger partial charge in [0, 0.05) is 17.6 Å². The van der Waals surface area contributed by atoms with Crippen LogP contribution in [0, 0.1) is 0 Å². The highest BCUT2D eigenvalue weighted by atomic mass is 35.5. The molecule has 0 aliphatic carbocycles. The predicted molar refractivity (Wildman–Crippen MR) is 100.0 cm³/mol. The molecule has 2 heterocycles. The summed E-state index contributed by atoms with van der Waals surface area (Å²) in [5.74, 6) is 0.328. The molecule has 0 aromatic heterocycles. The first-order valence-electron chi connectivity index (χ1n) is 8.29. The molecule has 6 nitrogen and oxygen atoms in total. The number of carbonyl (C=O) groups is 2. The van der Waals surface area contributed by atoms with E-state index in [1.165, 1.54) is 17.0 Å². The molecule has 1 amide bonds. The maximum atomic E-state index is 12.6. The largest absolute Gasteiger partial charge is 0.454 e. The Kier molecular flexibility index (Phi) is 4.17. The molecule has 2 aromatic carbocycles. The lowest BCUT2D eigenvalue weighted by atomic mass is 9.89. The molecule has 0 fully saturated rings. The number of benzene rings is 2. The molecule has 4 rings (SSSR count). The maximum Gasteiger partial charge on any atom is 0.263 e. The zero-order chi connectivity index (χ0) is 19.2. The Labute approximate surface area is 160 Å². The number of fused-ring (bicyclic) bond motifs is 2. The smallest absolute Gasteiger partial charge is 0.263 e. The van der Waals surface area contributed by atoms with E-state index in [0.717, 1.165) is 5.56 Å². The third-order valence-corrected chi connectivity index (χ3v) is 4.95. The molecule has 0 saturated heterocycles. The minimum Gasteiger partial charge on any atom is -0.454 e. The number of rotatable bonds is 4. The van der Waals surface area contributed by atoms with Crippen LogP contribution in [0.25, 0.3) is 6.08 Å². The van der Waals surface area contributed by atoms with Crippen LogP contribution in [0.15, 0.2) is 42.5 Å². The van der Waals surface area contributed by atoms with Crippen LogP contribution < -0.4 is 14.4 Å². The Morgan fingerprint density at radius 3 is 2.85 bits per heavy atom. The van der Waals surface area contributed by atoms with E-state index < -0.39 is 11.5 Å². The number of allylic oxidation sites excluding steroid dienone is 1. The van der Waals surface area contributed by atoms with Crippen molar-refractivity contribution < 1.29 is 24.2 Å². The minimum atomic E-state index is -1.93. The van der Waals surface area contributed by atoms with E-state index >= 15 is 0 Å². The number of likely N-dealkylation sites (N-methyl/N-ethyl adjacent to an activating group) is 1. The summed E-state index contributed by atoms with van der Waals surface area (Å²) >= 11 is 6.01. The molecule has 27 heavy (non-hydrogen) atoms. The average Bonchev–Trinajstić information content (AvgIpc) is 3.18. The number of ether oxygens (including phenoxy) is 2. The first-order chi connectivity index (χ1) is 12.9. The van der Waals surface area contributed by atoms with Crippen LogP contribution in [-0.4, -0.2) is 30.6 Å². The van der Waals surface area contributed by atoms with Crippen LogP contribution in [0.1, 0.15) is 17.5 Å². The van der Waals surface area contributed by atoms with Crippen molar-refractivity contribution in [3.8, 4) is 11.5 Å². The summed E-state index contributed by atoms with van der Waals surface area (Å²) in [5.41, 5.74) is -0.296. The van der Waals surface area contributed by atoms with Gasteiger partial charge in [-0.05, 0) is 42.0 Å². The van der Waals surface area contributed by atoms with E-state index in [0.29, 0.717) is 27.8 Å². The number of amides is 1. The molecule has 1 atom stereocenters. The summed E-state index contributed by atoms with van der Waals surface area (Å²) in [5, 5.41) is 11.3. The van der Waals surface area contributed by atoms with Crippen LogP contribution in [0.5, 0.6) is 11.5 Å². The van der Waals surface area contributed by atoms with E-state index in [-0.39, 0.29) is 19.0 Å². The third kappa shape index (κ3) is 2.97. The fourth-order valence-corrected chi connectivity index (χ4v) is 3.49. The van der Waals surface area contributed by atoms with E-state index in [1.807, 2.05) is 0 Å². The molecule has 0 bridgehead atoms. The van der Waals surface area contributed by atoms with E-state index in [4.69, 9.17) is 21.1 Å². The van der Waals surface area contributed by atoms with E-state index in [9.17, 15) is 14.7 Å². The van der Waals surface area contributed by atoms with Crippen molar-refractivity contribution in [1.29, 1.82) is 0 Å². The molecule has 138 valence electrons. The number of ketones is 1. The van der Waals surface area contributed by atoms with Crippen LogP contribution >= 0.6 is 11.6 Å². The standard InChI is InChI=1S/C20H16ClNO5/c1-22-16-6-4-13(21)9-15(16)20(25,19(22)24)10-14(23)5-2-12-3-7-17-18(8-12)27-11-26-17/h2-9,25H,10-11H2,1H3/b5-2-/t20-/m1/s1. The van der Waals surface area contributed by atoms with Gasteiger partial charge in [-0.3, -0.25) is 9.59 Å². The van der Waals surface area contributed by atoms with Crippen molar-refractivity contribution in [1.82, 2.24) is 0 Å². The molecule has 0 spiro atoms. The number of hydrogen-bond donors (Lipinski definition) is 1. The predicted octanol–water partition coefficient (Wildman–Crippen LogP) is 2.91. The van der Waals surface area contributed by atoms with Gasteiger partial charge in [-0.15, -0.1) is 0 Å². The quantitative estimate of drug-likeness (QED) is 0.819. The van der Waals surface area contributed by atoms with Crippen molar-refractivity contribution in [2.24, 2.45) is 0 Å². The lowest BCUT2D eigenvalue weighted by Gasteiger charge is -2.20. The molecule has 0 unspecified atom stereocenters. The number of nitrogens with zero attached hydrogens (tertiary/aromatic N) is 1. The molecule has 0 radical (unpaired) electrons. The van der Waals surface area contributed by atoms with Gasteiger partial charge in [0.1, 0.15) is 0 Å². The second kappa shape index (κ2) is 6.40. The SMILES string of the molecule is CN1C(=O)[C@@](O)(CC(=O)/C=C\c2ccc3c(c2)OCO3)c2cc(Cl)ccc21. The van der Waals surface area contributed by atoms with Gasteiger partial charge in [-0.2, -0.15) is 0 Å². The van der Waals surface area contributed by atoms with Gasteiger partial charge in [0.05, 0.1) is 12.1 Å². The Morgan fingerprint density at radius 1 is 1.26 bits per heavy atom. The summed E-state index contributed by atoms with van der Waals surface area (Å²) in [6.45, 7) is 0.173. The van der Waals surface area contributed by atoms with Crippen LogP contribution in [0.3, 0.4) is 0 Å². The topological polar surface area (TPSA) is 76.1 Å². The number of halogens is 1. The lowest BCUT2D eigenvalue weighted by molar-refractivity contribution is -0.140. The fraction of sp³-hybridized carbons (Fsp3) is 0.200. The van der Waals surface area contributed by atoms with Crippen molar-refractivity contribution in [3.05, 3.63) is 58.6 Å². The minimum absolute atomic E-state index is 0.173. The lowest BCUT2D eigenvalue weighted by Crippen LogP contribution is -2.40. The molecule has 0 saturated carbocycles. The van der Waals surface area contributed by atoms with Crippen LogP contribution in [0.2, 0.25) is 5.02 Å². The van der Waals surface area contributed by atoms with Crippen molar-refractivity contribution in [3.63, 3.8) is 0 Å². The zero-order valence-electron chi connectivity index (χ0n) is 14.4. The van der Waals surface area contributed by atoms with Gasteiger partial charge in [0.25, 0.3) is 5.91 Å². The van der Waals surface area contributed by atoms with Crippen molar-refractivity contribution in [2.45, 2.75) is 12.0 Å². The Balaban J connectivity index is 1.56. The Hall–Kier alpha value is -2.83. The van der Waals surface area contributed by atoms with Gasteiger partial charge in [0.2, 0.25) is 6.79 Å². The van der Waals surface area contributed by atoms with Crippen molar-refractivity contribution in [2.75, 3.05) is 18.7 Å². The van der Waals surface area contributed by atoms with Gasteiger partial charge in [-0.1, -0.05) is 23.7 Å². The van der Waals surface area contributed by atoms with E-state index in [2.05, 4.69) is 0 Å². The van der Waals surface area contributed by atoms with Gasteiger partial charge >= 0.3 is 0 Å².